The highest BCUT2D eigenvalue weighted by molar-refractivity contribution is 5.85. The Balaban J connectivity index is 1.62. The molecular weight excluding hydrogens is 431 g/mol. The van der Waals surface area contributed by atoms with Crippen LogP contribution in [0, 0.1) is 11.6 Å². The van der Waals surface area contributed by atoms with Gasteiger partial charge in [-0.3, -0.25) is 4.79 Å². The van der Waals surface area contributed by atoms with Crippen molar-refractivity contribution in [3.05, 3.63) is 88.2 Å². The fraction of sp³-hybridized carbons (Fsp3) is 0.0455. The first kappa shape index (κ1) is 19.9. The van der Waals surface area contributed by atoms with E-state index >= 15 is 0 Å². The summed E-state index contributed by atoms with van der Waals surface area (Å²) >= 11 is 0. The molecule has 0 saturated heterocycles. The average molecular weight is 442 g/mol. The summed E-state index contributed by atoms with van der Waals surface area (Å²) in [7, 11) is 0. The molecule has 5 aromatic rings. The molecule has 0 saturated carbocycles. The van der Waals surface area contributed by atoms with Gasteiger partial charge in [0.2, 0.25) is 5.78 Å². The number of benzene rings is 3. The number of rotatable bonds is 2. The molecule has 1 N–H and O–H groups in total. The molecule has 5 nitrogen and oxygen atoms in total. The van der Waals surface area contributed by atoms with Crippen molar-refractivity contribution in [1.29, 1.82) is 0 Å². The van der Waals surface area contributed by atoms with Crippen LogP contribution >= 0.6 is 0 Å². The van der Waals surface area contributed by atoms with E-state index in [1.807, 2.05) is 0 Å². The molecule has 5 rings (SSSR count). The van der Waals surface area contributed by atoms with Crippen LogP contribution in [0.4, 0.5) is 22.0 Å². The van der Waals surface area contributed by atoms with E-state index in [2.05, 4.69) is 15.1 Å². The van der Waals surface area contributed by atoms with E-state index in [-0.39, 0.29) is 22.6 Å². The van der Waals surface area contributed by atoms with Gasteiger partial charge in [-0.15, -0.1) is 5.10 Å². The summed E-state index contributed by atoms with van der Waals surface area (Å²) in [6, 6.07) is 12.0. The van der Waals surface area contributed by atoms with Crippen molar-refractivity contribution in [3.8, 4) is 22.5 Å². The smallest absolute Gasteiger partial charge is 0.323 e. The first-order valence-electron chi connectivity index (χ1n) is 9.26. The van der Waals surface area contributed by atoms with Crippen LogP contribution in [0.1, 0.15) is 5.56 Å². The largest absolute Gasteiger partial charge is 0.416 e. The van der Waals surface area contributed by atoms with E-state index in [1.165, 1.54) is 36.4 Å². The molecule has 0 aliphatic carbocycles. The van der Waals surface area contributed by atoms with Crippen molar-refractivity contribution in [3.63, 3.8) is 0 Å². The van der Waals surface area contributed by atoms with Gasteiger partial charge >= 0.3 is 6.18 Å². The summed E-state index contributed by atoms with van der Waals surface area (Å²) in [5, 5.41) is 4.35. The number of hydrogen-bond acceptors (Lipinski definition) is 3. The molecule has 3 aromatic carbocycles. The highest BCUT2D eigenvalue weighted by Gasteiger charge is 2.30. The molecule has 2 heterocycles. The average Bonchev–Trinajstić information content (AvgIpc) is 3.17. The lowest BCUT2D eigenvalue weighted by Crippen LogP contribution is -2.15. The van der Waals surface area contributed by atoms with Crippen LogP contribution in [0.15, 0.2) is 65.5 Å². The first-order valence-corrected chi connectivity index (χ1v) is 9.26. The molecule has 0 radical (unpaired) electrons. The van der Waals surface area contributed by atoms with Crippen molar-refractivity contribution in [2.24, 2.45) is 0 Å². The molecule has 0 aliphatic heterocycles. The molecule has 32 heavy (non-hydrogen) atoms. The molecule has 0 bridgehead atoms. The third-order valence-corrected chi connectivity index (χ3v) is 5.01. The van der Waals surface area contributed by atoms with Gasteiger partial charge in [0.05, 0.1) is 16.5 Å². The lowest BCUT2D eigenvalue weighted by atomic mass is 10.0. The minimum absolute atomic E-state index is 0.0622. The van der Waals surface area contributed by atoms with E-state index in [9.17, 15) is 26.7 Å². The van der Waals surface area contributed by atoms with Crippen LogP contribution in [0.25, 0.3) is 39.2 Å². The zero-order chi connectivity index (χ0) is 22.6. The third kappa shape index (κ3) is 3.29. The predicted molar refractivity (Wildman–Crippen MR) is 107 cm³/mol. The topological polar surface area (TPSA) is 63.0 Å². The highest BCUT2D eigenvalue weighted by atomic mass is 19.4. The number of hydrogen-bond donors (Lipinski definition) is 1. The van der Waals surface area contributed by atoms with Crippen LogP contribution < -0.4 is 5.56 Å². The second-order valence-electron chi connectivity index (χ2n) is 7.06. The van der Waals surface area contributed by atoms with Gasteiger partial charge in [0, 0.05) is 17.2 Å². The molecular formula is C22H11F5N4O. The highest BCUT2D eigenvalue weighted by Crippen LogP contribution is 2.30. The summed E-state index contributed by atoms with van der Waals surface area (Å²) in [6.07, 6.45) is -4.47. The minimum Gasteiger partial charge on any atom is -0.323 e. The maximum absolute atomic E-state index is 14.2. The van der Waals surface area contributed by atoms with Gasteiger partial charge in [-0.2, -0.15) is 22.7 Å². The van der Waals surface area contributed by atoms with E-state index in [1.54, 1.807) is 0 Å². The summed E-state index contributed by atoms with van der Waals surface area (Å²) in [5.41, 5.74) is -0.112. The van der Waals surface area contributed by atoms with Crippen molar-refractivity contribution in [2.75, 3.05) is 0 Å². The Labute approximate surface area is 175 Å². The fourth-order valence-corrected chi connectivity index (χ4v) is 3.43. The molecule has 0 atom stereocenters. The van der Waals surface area contributed by atoms with Gasteiger partial charge in [0.25, 0.3) is 5.56 Å². The molecule has 0 spiro atoms. The summed E-state index contributed by atoms with van der Waals surface area (Å²) in [5.74, 6) is -1.33. The number of aromatic nitrogens is 4. The van der Waals surface area contributed by atoms with E-state index in [0.717, 1.165) is 28.8 Å². The molecule has 0 fully saturated rings. The minimum atomic E-state index is -4.47. The van der Waals surface area contributed by atoms with E-state index in [4.69, 9.17) is 0 Å². The normalized spacial score (nSPS) is 12.0. The van der Waals surface area contributed by atoms with Crippen LogP contribution in [0.5, 0.6) is 0 Å². The fourth-order valence-electron chi connectivity index (χ4n) is 3.43. The zero-order valence-corrected chi connectivity index (χ0v) is 15.9. The Kier molecular flexibility index (Phi) is 4.33. The van der Waals surface area contributed by atoms with Gasteiger partial charge in [0.1, 0.15) is 11.6 Å². The van der Waals surface area contributed by atoms with Gasteiger partial charge in [0.15, 0.2) is 5.82 Å². The number of fused-ring (bicyclic) bond motifs is 2. The lowest BCUT2D eigenvalue weighted by molar-refractivity contribution is -0.137. The Hall–Kier alpha value is -4.08. The number of H-pyrrole nitrogens is 1. The molecule has 0 aliphatic rings. The number of aromatic amines is 1. The Morgan fingerprint density at radius 1 is 0.875 bits per heavy atom. The van der Waals surface area contributed by atoms with Crippen molar-refractivity contribution in [2.45, 2.75) is 6.18 Å². The van der Waals surface area contributed by atoms with Crippen molar-refractivity contribution < 1.29 is 22.0 Å². The maximum atomic E-state index is 14.2. The zero-order valence-electron chi connectivity index (χ0n) is 15.9. The Bertz CT molecular complexity index is 1550. The van der Waals surface area contributed by atoms with Crippen LogP contribution in [-0.4, -0.2) is 19.6 Å². The maximum Gasteiger partial charge on any atom is 0.416 e. The number of nitrogens with zero attached hydrogens (tertiary/aromatic N) is 3. The van der Waals surface area contributed by atoms with Crippen LogP contribution in [0.2, 0.25) is 0 Å². The van der Waals surface area contributed by atoms with Crippen molar-refractivity contribution >= 4 is 16.7 Å². The monoisotopic (exact) mass is 442 g/mol. The summed E-state index contributed by atoms with van der Waals surface area (Å²) < 4.78 is 66.7. The van der Waals surface area contributed by atoms with E-state index in [0.29, 0.717) is 16.6 Å². The predicted octanol–water partition coefficient (Wildman–Crippen LogP) is 5.20. The molecule has 2 aromatic heterocycles. The molecule has 0 amide bonds. The van der Waals surface area contributed by atoms with Gasteiger partial charge in [-0.1, -0.05) is 18.2 Å². The quantitative estimate of drug-likeness (QED) is 0.382. The first-order chi connectivity index (χ1) is 15.2. The summed E-state index contributed by atoms with van der Waals surface area (Å²) in [4.78, 5) is 20.0. The van der Waals surface area contributed by atoms with Crippen molar-refractivity contribution in [1.82, 2.24) is 19.6 Å². The van der Waals surface area contributed by atoms with Gasteiger partial charge in [-0.25, -0.2) is 8.78 Å². The summed E-state index contributed by atoms with van der Waals surface area (Å²) in [6.45, 7) is 0. The van der Waals surface area contributed by atoms with Crippen LogP contribution in [-0.2, 0) is 6.18 Å². The third-order valence-electron chi connectivity index (χ3n) is 5.01. The number of halogens is 5. The Morgan fingerprint density at radius 3 is 2.28 bits per heavy atom. The van der Waals surface area contributed by atoms with Gasteiger partial charge < -0.3 is 4.98 Å². The standard InChI is InChI=1S/C22H11F5N4O/c23-14-6-8-15(17(24)10-14)12-3-7-16-18(9-12)28-21-29-19(30-31(21)20(16)32)11-1-4-13(5-2-11)22(25,26)27/h1-10H,(H,28,29,30). The molecule has 0 unspecified atom stereocenters. The molecule has 10 heteroatoms. The van der Waals surface area contributed by atoms with Crippen LogP contribution in [0.3, 0.4) is 0 Å². The number of nitrogens with one attached hydrogen (secondary N) is 1. The number of alkyl halides is 3. The second-order valence-corrected chi connectivity index (χ2v) is 7.06. The van der Waals surface area contributed by atoms with E-state index < -0.39 is 28.9 Å². The molecule has 160 valence electrons. The Morgan fingerprint density at radius 2 is 1.59 bits per heavy atom. The second kappa shape index (κ2) is 6.98. The lowest BCUT2D eigenvalue weighted by Gasteiger charge is -2.06. The SMILES string of the molecule is O=c1c2ccc(-c3ccc(F)cc3F)cc2[nH]c2nc(-c3ccc(C(F)(F)F)cc3)nn12. The van der Waals surface area contributed by atoms with Gasteiger partial charge in [-0.05, 0) is 42.0 Å².